The van der Waals surface area contributed by atoms with Gasteiger partial charge in [0, 0.05) is 6.92 Å². The van der Waals surface area contributed by atoms with Crippen LogP contribution in [0, 0.1) is 6.92 Å². The van der Waals surface area contributed by atoms with Gasteiger partial charge in [-0.15, -0.1) is 11.8 Å². The first-order valence-corrected chi connectivity index (χ1v) is 10.2. The van der Waals surface area contributed by atoms with Crippen LogP contribution in [0.15, 0.2) is 59.1 Å². The number of amides is 1. The summed E-state index contributed by atoms with van der Waals surface area (Å²) in [6, 6.07) is 17.5. The van der Waals surface area contributed by atoms with Gasteiger partial charge in [0.25, 0.3) is 0 Å². The highest BCUT2D eigenvalue weighted by Gasteiger charge is 2.17. The number of aryl methyl sites for hydroxylation is 1. The van der Waals surface area contributed by atoms with E-state index in [1.807, 2.05) is 61.5 Å². The molecule has 1 N–H and O–H groups in total. The topological polar surface area (TPSA) is 77.2 Å². The molecule has 28 heavy (non-hydrogen) atoms. The molecule has 3 aromatic rings. The fourth-order valence-corrected chi connectivity index (χ4v) is 3.44. The van der Waals surface area contributed by atoms with Crippen molar-refractivity contribution in [1.29, 1.82) is 0 Å². The van der Waals surface area contributed by atoms with Gasteiger partial charge in [-0.2, -0.15) is 4.98 Å². The first-order chi connectivity index (χ1) is 13.7. The van der Waals surface area contributed by atoms with Crippen LogP contribution in [0.2, 0.25) is 0 Å². The smallest absolute Gasteiger partial charge is 0.230 e. The molecule has 0 spiro atoms. The molecule has 1 atom stereocenters. The molecule has 1 aromatic heterocycles. The Morgan fingerprint density at radius 1 is 1.14 bits per heavy atom. The summed E-state index contributed by atoms with van der Waals surface area (Å²) in [4.78, 5) is 16.7. The van der Waals surface area contributed by atoms with Crippen molar-refractivity contribution in [2.45, 2.75) is 25.6 Å². The number of hydrogen-bond donors (Lipinski definition) is 1. The summed E-state index contributed by atoms with van der Waals surface area (Å²) in [7, 11) is 0. The summed E-state index contributed by atoms with van der Waals surface area (Å²) in [5, 5.41) is 6.97. The third kappa shape index (κ3) is 5.60. The van der Waals surface area contributed by atoms with E-state index in [2.05, 4.69) is 15.5 Å². The number of thioether (sulfide) groups is 1. The third-order valence-corrected chi connectivity index (χ3v) is 4.93. The van der Waals surface area contributed by atoms with E-state index < -0.39 is 0 Å². The summed E-state index contributed by atoms with van der Waals surface area (Å²) >= 11 is 1.45. The molecule has 1 amide bonds. The van der Waals surface area contributed by atoms with E-state index in [0.717, 1.165) is 16.9 Å². The Hall–Kier alpha value is -2.80. The van der Waals surface area contributed by atoms with Crippen molar-refractivity contribution < 1.29 is 14.1 Å². The number of hydrogen-bond acceptors (Lipinski definition) is 6. The maximum Gasteiger partial charge on any atom is 0.230 e. The quantitative estimate of drug-likeness (QED) is 0.590. The molecule has 3 rings (SSSR count). The van der Waals surface area contributed by atoms with Crippen LogP contribution in [-0.2, 0) is 10.5 Å². The molecule has 0 saturated heterocycles. The van der Waals surface area contributed by atoms with E-state index >= 15 is 0 Å². The van der Waals surface area contributed by atoms with Crippen molar-refractivity contribution in [3.63, 3.8) is 0 Å². The van der Waals surface area contributed by atoms with Crippen LogP contribution >= 0.6 is 11.8 Å². The van der Waals surface area contributed by atoms with Gasteiger partial charge >= 0.3 is 0 Å². The number of nitrogens with one attached hydrogen (secondary N) is 1. The lowest BCUT2D eigenvalue weighted by atomic mass is 9.98. The summed E-state index contributed by atoms with van der Waals surface area (Å²) in [5.41, 5.74) is 2.03. The molecular formula is C21H23N3O3S. The van der Waals surface area contributed by atoms with Crippen LogP contribution < -0.4 is 10.1 Å². The second-order valence-electron chi connectivity index (χ2n) is 6.14. The van der Waals surface area contributed by atoms with Gasteiger partial charge in [0.1, 0.15) is 5.75 Å². The molecule has 0 fully saturated rings. The van der Waals surface area contributed by atoms with E-state index in [1.54, 1.807) is 6.92 Å². The monoisotopic (exact) mass is 397 g/mol. The summed E-state index contributed by atoms with van der Waals surface area (Å²) in [6.07, 6.45) is 0. The minimum absolute atomic E-state index is 0.0482. The molecule has 146 valence electrons. The van der Waals surface area contributed by atoms with Crippen molar-refractivity contribution in [2.24, 2.45) is 0 Å². The first kappa shape index (κ1) is 19.9. The Bertz CT molecular complexity index is 881. The van der Waals surface area contributed by atoms with Crippen molar-refractivity contribution in [3.05, 3.63) is 77.4 Å². The van der Waals surface area contributed by atoms with Crippen LogP contribution in [0.5, 0.6) is 5.75 Å². The summed E-state index contributed by atoms with van der Waals surface area (Å²) in [6.45, 7) is 4.32. The number of aromatic nitrogens is 2. The minimum atomic E-state index is -0.225. The molecule has 7 heteroatoms. The van der Waals surface area contributed by atoms with E-state index in [1.165, 1.54) is 11.8 Å². The number of benzene rings is 2. The van der Waals surface area contributed by atoms with E-state index in [-0.39, 0.29) is 11.9 Å². The highest BCUT2D eigenvalue weighted by molar-refractivity contribution is 7.99. The molecule has 0 aliphatic heterocycles. The number of carbonyl (C=O) groups excluding carboxylic acids is 1. The van der Waals surface area contributed by atoms with E-state index in [0.29, 0.717) is 29.8 Å². The number of rotatable bonds is 9. The minimum Gasteiger partial charge on any atom is -0.494 e. The zero-order valence-electron chi connectivity index (χ0n) is 15.9. The second kappa shape index (κ2) is 9.94. The van der Waals surface area contributed by atoms with Gasteiger partial charge in [-0.05, 0) is 30.2 Å². The van der Waals surface area contributed by atoms with Gasteiger partial charge in [-0.25, -0.2) is 0 Å². The lowest BCUT2D eigenvalue weighted by molar-refractivity contribution is -0.119. The molecular weight excluding hydrogens is 374 g/mol. The predicted molar refractivity (Wildman–Crippen MR) is 109 cm³/mol. The zero-order chi connectivity index (χ0) is 19.8. The van der Waals surface area contributed by atoms with Gasteiger partial charge in [-0.1, -0.05) is 47.6 Å². The standard InChI is InChI=1S/C21H23N3O3S/c1-3-26-18-11-9-17(10-12-18)21(16-7-5-4-6-8-16)23-20(25)14-28-13-19-22-15(2)27-24-19/h4-12,21H,3,13-14H2,1-2H3,(H,23,25). The zero-order valence-corrected chi connectivity index (χ0v) is 16.7. The lowest BCUT2D eigenvalue weighted by Crippen LogP contribution is -2.30. The highest BCUT2D eigenvalue weighted by Crippen LogP contribution is 2.24. The van der Waals surface area contributed by atoms with Gasteiger partial charge in [0.15, 0.2) is 5.82 Å². The Balaban J connectivity index is 1.66. The fourth-order valence-electron chi connectivity index (χ4n) is 2.77. The molecule has 0 saturated carbocycles. The normalized spacial score (nSPS) is 11.8. The van der Waals surface area contributed by atoms with Crippen LogP contribution in [0.3, 0.4) is 0 Å². The molecule has 2 aromatic carbocycles. The van der Waals surface area contributed by atoms with Crippen molar-refractivity contribution in [2.75, 3.05) is 12.4 Å². The van der Waals surface area contributed by atoms with Gasteiger partial charge in [-0.3, -0.25) is 4.79 Å². The Morgan fingerprint density at radius 3 is 2.50 bits per heavy atom. The number of carbonyl (C=O) groups is 1. The molecule has 0 bridgehead atoms. The largest absolute Gasteiger partial charge is 0.494 e. The fraction of sp³-hybridized carbons (Fsp3) is 0.286. The summed E-state index contributed by atoms with van der Waals surface area (Å²) < 4.78 is 10.5. The molecule has 1 heterocycles. The third-order valence-electron chi connectivity index (χ3n) is 4.00. The molecule has 1 unspecified atom stereocenters. The predicted octanol–water partition coefficient (Wildman–Crippen LogP) is 3.92. The second-order valence-corrected chi connectivity index (χ2v) is 7.12. The van der Waals surface area contributed by atoms with Gasteiger partial charge < -0.3 is 14.6 Å². The van der Waals surface area contributed by atoms with Crippen LogP contribution in [0.1, 0.15) is 35.8 Å². The van der Waals surface area contributed by atoms with Crippen LogP contribution in [0.4, 0.5) is 0 Å². The first-order valence-electron chi connectivity index (χ1n) is 9.09. The van der Waals surface area contributed by atoms with Gasteiger partial charge in [0.2, 0.25) is 11.8 Å². The van der Waals surface area contributed by atoms with Crippen molar-refractivity contribution in [1.82, 2.24) is 15.5 Å². The summed E-state index contributed by atoms with van der Waals surface area (Å²) in [5.74, 6) is 2.74. The average molecular weight is 398 g/mol. The molecule has 0 aliphatic carbocycles. The Morgan fingerprint density at radius 2 is 1.86 bits per heavy atom. The van der Waals surface area contributed by atoms with Crippen molar-refractivity contribution >= 4 is 17.7 Å². The average Bonchev–Trinajstić information content (AvgIpc) is 3.13. The Labute approximate surface area is 168 Å². The van der Waals surface area contributed by atoms with E-state index in [4.69, 9.17) is 9.26 Å². The SMILES string of the molecule is CCOc1ccc(C(NC(=O)CSCc2noc(C)n2)c2ccccc2)cc1. The lowest BCUT2D eigenvalue weighted by Gasteiger charge is -2.20. The van der Waals surface area contributed by atoms with Crippen molar-refractivity contribution in [3.8, 4) is 5.75 Å². The van der Waals surface area contributed by atoms with E-state index in [9.17, 15) is 4.79 Å². The number of nitrogens with zero attached hydrogens (tertiary/aromatic N) is 2. The molecule has 6 nitrogen and oxygen atoms in total. The van der Waals surface area contributed by atoms with Gasteiger partial charge in [0.05, 0.1) is 24.2 Å². The maximum absolute atomic E-state index is 12.5. The number of ether oxygens (including phenoxy) is 1. The molecule has 0 radical (unpaired) electrons. The molecule has 0 aliphatic rings. The van der Waals surface area contributed by atoms with Crippen LogP contribution in [-0.4, -0.2) is 28.4 Å². The van der Waals surface area contributed by atoms with Crippen LogP contribution in [0.25, 0.3) is 0 Å². The Kier molecular flexibility index (Phi) is 7.08. The highest BCUT2D eigenvalue weighted by atomic mass is 32.2. The maximum atomic E-state index is 12.5.